The molecule has 0 heterocycles. The van der Waals surface area contributed by atoms with Gasteiger partial charge in [-0.05, 0) is 32.4 Å². The molecule has 0 aliphatic heterocycles. The molecule has 1 atom stereocenters. The second kappa shape index (κ2) is 3.55. The van der Waals surface area contributed by atoms with Gasteiger partial charge in [0.1, 0.15) is 0 Å². The Morgan fingerprint density at radius 1 is 1.29 bits per heavy atom. The zero-order valence-electron chi connectivity index (χ0n) is 8.20. The Morgan fingerprint density at radius 3 is 2.21 bits per heavy atom. The van der Waals surface area contributed by atoms with Gasteiger partial charge in [0.05, 0.1) is 5.41 Å². The van der Waals surface area contributed by atoms with E-state index in [1.807, 2.05) is 6.92 Å². The molecule has 0 aromatic rings. The van der Waals surface area contributed by atoms with Crippen LogP contribution in [0.3, 0.4) is 0 Å². The maximum atomic E-state index is 11.3. The smallest absolute Gasteiger partial charge is 0.202 e. The first-order valence-corrected chi connectivity index (χ1v) is 5.31. The minimum absolute atomic E-state index is 0.0192. The third kappa shape index (κ3) is 1.86. The van der Waals surface area contributed by atoms with Crippen LogP contribution in [-0.4, -0.2) is 9.58 Å². The van der Waals surface area contributed by atoms with Crippen molar-refractivity contribution < 1.29 is 4.79 Å². The summed E-state index contributed by atoms with van der Waals surface area (Å²) in [6.45, 7) is 5.32. The molecule has 4 heteroatoms. The summed E-state index contributed by atoms with van der Waals surface area (Å²) in [5, 5.41) is 0. The summed E-state index contributed by atoms with van der Waals surface area (Å²) in [4.78, 5) is 11.3. The number of rotatable bonds is 0. The average Bonchev–Trinajstić information content (AvgIpc) is 1.99. The van der Waals surface area contributed by atoms with Crippen LogP contribution in [0.1, 0.15) is 20.8 Å². The first kappa shape index (κ1) is 12.1. The summed E-state index contributed by atoms with van der Waals surface area (Å²) >= 11 is 17.7. The van der Waals surface area contributed by atoms with Gasteiger partial charge in [0.25, 0.3) is 0 Å². The molecule has 0 spiro atoms. The van der Waals surface area contributed by atoms with Crippen molar-refractivity contribution in [2.45, 2.75) is 24.6 Å². The first-order chi connectivity index (χ1) is 6.18. The normalized spacial score (nSPS) is 28.6. The summed E-state index contributed by atoms with van der Waals surface area (Å²) < 4.78 is -1.43. The zero-order valence-corrected chi connectivity index (χ0v) is 10.5. The number of hydrogen-bond acceptors (Lipinski definition) is 1. The summed E-state index contributed by atoms with van der Waals surface area (Å²) in [7, 11) is 0. The maximum absolute atomic E-state index is 11.3. The molecule has 1 nitrogen and oxygen atoms in total. The van der Waals surface area contributed by atoms with E-state index in [4.69, 9.17) is 34.8 Å². The fourth-order valence-electron chi connectivity index (χ4n) is 1.38. The Morgan fingerprint density at radius 2 is 1.79 bits per heavy atom. The van der Waals surface area contributed by atoms with E-state index in [0.29, 0.717) is 5.57 Å². The monoisotopic (exact) mass is 252 g/mol. The third-order valence-electron chi connectivity index (χ3n) is 2.65. The highest BCUT2D eigenvalue weighted by Gasteiger charge is 2.46. The van der Waals surface area contributed by atoms with Crippen molar-refractivity contribution in [3.63, 3.8) is 0 Å². The number of carbonyl (C=O) groups excluding carboxylic acids is 1. The Hall–Kier alpha value is 0.0200. The molecule has 0 aromatic carbocycles. The molecule has 0 bridgehead atoms. The molecule has 1 aliphatic rings. The summed E-state index contributed by atoms with van der Waals surface area (Å²) in [5.74, 6) is -0.0192. The standard InChI is InChI=1S/C10H11Cl3O/c1-6-5-9(3,10(11,12)13)7(2)4-8(6)14/h4-5H,1-3H3/t9-/m1/s1. The molecular weight excluding hydrogens is 242 g/mol. The Bertz CT molecular complexity index is 336. The van der Waals surface area contributed by atoms with Gasteiger partial charge in [-0.3, -0.25) is 4.79 Å². The minimum atomic E-state index is -1.43. The van der Waals surface area contributed by atoms with Crippen LogP contribution in [0.4, 0.5) is 0 Å². The lowest BCUT2D eigenvalue weighted by molar-refractivity contribution is -0.111. The van der Waals surface area contributed by atoms with Crippen LogP contribution in [0.2, 0.25) is 0 Å². The molecule has 0 saturated heterocycles. The summed E-state index contributed by atoms with van der Waals surface area (Å²) in [6.07, 6.45) is 3.24. The molecule has 14 heavy (non-hydrogen) atoms. The Balaban J connectivity index is 3.26. The lowest BCUT2D eigenvalue weighted by atomic mass is 9.78. The lowest BCUT2D eigenvalue weighted by Gasteiger charge is -2.36. The summed E-state index contributed by atoms with van der Waals surface area (Å²) in [5.41, 5.74) is 0.688. The molecule has 0 fully saturated rings. The molecule has 0 amide bonds. The lowest BCUT2D eigenvalue weighted by Crippen LogP contribution is -2.34. The molecule has 0 radical (unpaired) electrons. The van der Waals surface area contributed by atoms with Crippen molar-refractivity contribution in [3.05, 3.63) is 23.3 Å². The van der Waals surface area contributed by atoms with Crippen LogP contribution >= 0.6 is 34.8 Å². The van der Waals surface area contributed by atoms with E-state index in [9.17, 15) is 4.79 Å². The van der Waals surface area contributed by atoms with Gasteiger partial charge in [-0.2, -0.15) is 0 Å². The highest BCUT2D eigenvalue weighted by Crippen LogP contribution is 2.51. The largest absolute Gasteiger partial charge is 0.290 e. The van der Waals surface area contributed by atoms with E-state index in [-0.39, 0.29) is 5.78 Å². The van der Waals surface area contributed by atoms with Gasteiger partial charge in [0.15, 0.2) is 5.78 Å². The maximum Gasteiger partial charge on any atom is 0.202 e. The number of carbonyl (C=O) groups is 1. The minimum Gasteiger partial charge on any atom is -0.290 e. The van der Waals surface area contributed by atoms with Gasteiger partial charge in [-0.1, -0.05) is 46.5 Å². The van der Waals surface area contributed by atoms with Gasteiger partial charge in [0.2, 0.25) is 3.79 Å². The number of allylic oxidation sites excluding steroid dienone is 4. The summed E-state index contributed by atoms with van der Waals surface area (Å²) in [6, 6.07) is 0. The second-order valence-corrected chi connectivity index (χ2v) is 6.00. The highest BCUT2D eigenvalue weighted by molar-refractivity contribution is 6.68. The van der Waals surface area contributed by atoms with Crippen LogP contribution in [0.15, 0.2) is 23.3 Å². The fourth-order valence-corrected chi connectivity index (χ4v) is 1.99. The van der Waals surface area contributed by atoms with Crippen molar-refractivity contribution in [1.29, 1.82) is 0 Å². The van der Waals surface area contributed by atoms with Crippen molar-refractivity contribution in [1.82, 2.24) is 0 Å². The van der Waals surface area contributed by atoms with Crippen LogP contribution < -0.4 is 0 Å². The SMILES string of the molecule is CC1=C[C@@](C)(C(Cl)(Cl)Cl)C(C)=CC1=O. The highest BCUT2D eigenvalue weighted by atomic mass is 35.6. The van der Waals surface area contributed by atoms with Gasteiger partial charge in [0, 0.05) is 0 Å². The fraction of sp³-hybridized carbons (Fsp3) is 0.500. The predicted octanol–water partition coefficient (Wildman–Crippen LogP) is 3.84. The molecule has 0 aromatic heterocycles. The van der Waals surface area contributed by atoms with E-state index in [0.717, 1.165) is 5.57 Å². The van der Waals surface area contributed by atoms with E-state index < -0.39 is 9.21 Å². The quantitative estimate of drug-likeness (QED) is 0.600. The topological polar surface area (TPSA) is 17.1 Å². The second-order valence-electron chi connectivity index (χ2n) is 3.72. The molecule has 1 rings (SSSR count). The van der Waals surface area contributed by atoms with E-state index in [1.165, 1.54) is 6.08 Å². The third-order valence-corrected chi connectivity index (χ3v) is 3.83. The van der Waals surface area contributed by atoms with Gasteiger partial charge in [-0.25, -0.2) is 0 Å². The van der Waals surface area contributed by atoms with Crippen LogP contribution in [-0.2, 0) is 4.79 Å². The van der Waals surface area contributed by atoms with Crippen LogP contribution in [0.5, 0.6) is 0 Å². The van der Waals surface area contributed by atoms with Gasteiger partial charge >= 0.3 is 0 Å². The first-order valence-electron chi connectivity index (χ1n) is 4.18. The predicted molar refractivity (Wildman–Crippen MR) is 60.9 cm³/mol. The zero-order chi connectivity index (χ0) is 11.1. The van der Waals surface area contributed by atoms with Crippen molar-refractivity contribution in [2.75, 3.05) is 0 Å². The molecule has 0 N–H and O–H groups in total. The molecule has 1 aliphatic carbocycles. The van der Waals surface area contributed by atoms with E-state index in [2.05, 4.69) is 0 Å². The van der Waals surface area contributed by atoms with Crippen LogP contribution in [0.25, 0.3) is 0 Å². The number of halogens is 3. The molecule has 0 unspecified atom stereocenters. The number of hydrogen-bond donors (Lipinski definition) is 0. The van der Waals surface area contributed by atoms with Crippen molar-refractivity contribution >= 4 is 40.6 Å². The number of ketones is 1. The van der Waals surface area contributed by atoms with Crippen molar-refractivity contribution in [2.24, 2.45) is 5.41 Å². The Kier molecular flexibility index (Phi) is 3.07. The van der Waals surface area contributed by atoms with E-state index >= 15 is 0 Å². The molecule has 0 saturated carbocycles. The average molecular weight is 254 g/mol. The molecular formula is C10H11Cl3O. The number of alkyl halides is 3. The van der Waals surface area contributed by atoms with Gasteiger partial charge in [-0.15, -0.1) is 0 Å². The van der Waals surface area contributed by atoms with E-state index in [1.54, 1.807) is 19.9 Å². The molecule has 78 valence electrons. The van der Waals surface area contributed by atoms with Gasteiger partial charge < -0.3 is 0 Å². The van der Waals surface area contributed by atoms with Crippen molar-refractivity contribution in [3.8, 4) is 0 Å². The van der Waals surface area contributed by atoms with Crippen LogP contribution in [0, 0.1) is 5.41 Å². The Labute approximate surface area is 98.7 Å².